The number of aromatic nitrogens is 2. The van der Waals surface area contributed by atoms with Gasteiger partial charge >= 0.3 is 6.03 Å². The zero-order valence-corrected chi connectivity index (χ0v) is 22.8. The molecule has 8 nitrogen and oxygen atoms in total. The molecule has 0 bridgehead atoms. The predicted molar refractivity (Wildman–Crippen MR) is 152 cm³/mol. The number of pyridine rings is 1. The van der Waals surface area contributed by atoms with E-state index in [-0.39, 0.29) is 18.1 Å². The third kappa shape index (κ3) is 6.15. The van der Waals surface area contributed by atoms with Crippen molar-refractivity contribution >= 4 is 40.3 Å². The number of nitrogens with one attached hydrogen (secondary N) is 2. The SMILES string of the molecule is Cc1ccc(NC(=O)N(C2CCCCC2)N(C=O)C2CCCCC2)cc1Nc1nc(-c2cccnc2)cs1. The standard InChI is InChI=1S/C29H36N6O2S/c1-21-14-15-23(17-26(21)32-28-33-27(19-38-28)22-9-8-16-30-18-22)31-29(37)35(25-12-6-3-7-13-25)34(20-36)24-10-4-2-5-11-24/h8-9,14-20,24-25H,2-7,10-13H2,1H3,(H,31,37)(H,32,33). The molecule has 0 saturated heterocycles. The molecule has 2 N–H and O–H groups in total. The Balaban J connectivity index is 1.33. The van der Waals surface area contributed by atoms with Gasteiger partial charge < -0.3 is 10.6 Å². The number of rotatable bonds is 8. The predicted octanol–water partition coefficient (Wildman–Crippen LogP) is 7.13. The first-order valence-corrected chi connectivity index (χ1v) is 14.6. The van der Waals surface area contributed by atoms with Gasteiger partial charge in [-0.05, 0) is 62.4 Å². The lowest BCUT2D eigenvalue weighted by Gasteiger charge is -2.44. The highest BCUT2D eigenvalue weighted by Crippen LogP contribution is 2.31. The lowest BCUT2D eigenvalue weighted by atomic mass is 9.93. The number of hydrogen-bond donors (Lipinski definition) is 2. The maximum absolute atomic E-state index is 13.7. The van der Waals surface area contributed by atoms with Crippen LogP contribution in [0.1, 0.15) is 69.8 Å². The number of benzene rings is 1. The molecule has 200 valence electrons. The summed E-state index contributed by atoms with van der Waals surface area (Å²) in [6, 6.07) is 9.60. The Bertz CT molecular complexity index is 1220. The molecule has 2 aromatic heterocycles. The van der Waals surface area contributed by atoms with Gasteiger partial charge in [0.2, 0.25) is 6.41 Å². The zero-order chi connectivity index (χ0) is 26.3. The molecular weight excluding hydrogens is 496 g/mol. The van der Waals surface area contributed by atoms with Crippen LogP contribution in [-0.2, 0) is 4.79 Å². The van der Waals surface area contributed by atoms with Crippen molar-refractivity contribution < 1.29 is 9.59 Å². The summed E-state index contributed by atoms with van der Waals surface area (Å²) in [5, 5.41) is 12.7. The highest BCUT2D eigenvalue weighted by Gasteiger charge is 2.34. The Labute approximate surface area is 228 Å². The Hall–Kier alpha value is -3.46. The summed E-state index contributed by atoms with van der Waals surface area (Å²) in [5.74, 6) is 0. The second kappa shape index (κ2) is 12.4. The van der Waals surface area contributed by atoms with E-state index in [0.29, 0.717) is 5.69 Å². The third-order valence-corrected chi connectivity index (χ3v) is 8.38. The van der Waals surface area contributed by atoms with E-state index in [9.17, 15) is 9.59 Å². The molecular formula is C29H36N6O2S. The van der Waals surface area contributed by atoms with Crippen molar-refractivity contribution in [3.63, 3.8) is 0 Å². The summed E-state index contributed by atoms with van der Waals surface area (Å²) in [4.78, 5) is 35.0. The van der Waals surface area contributed by atoms with Crippen LogP contribution in [0.5, 0.6) is 0 Å². The van der Waals surface area contributed by atoms with Crippen molar-refractivity contribution in [3.8, 4) is 11.3 Å². The van der Waals surface area contributed by atoms with Crippen molar-refractivity contribution in [2.24, 2.45) is 0 Å². The number of hydrazine groups is 1. The fourth-order valence-electron chi connectivity index (χ4n) is 5.55. The van der Waals surface area contributed by atoms with Crippen LogP contribution in [0.4, 0.5) is 21.3 Å². The summed E-state index contributed by atoms with van der Waals surface area (Å²) in [6.07, 6.45) is 14.9. The second-order valence-corrected chi connectivity index (χ2v) is 11.1. The number of aryl methyl sites for hydroxylation is 1. The number of hydrogen-bond acceptors (Lipinski definition) is 6. The maximum atomic E-state index is 13.7. The summed E-state index contributed by atoms with van der Waals surface area (Å²) in [5.41, 5.74) is 4.44. The average molecular weight is 533 g/mol. The van der Waals surface area contributed by atoms with Crippen LogP contribution < -0.4 is 10.6 Å². The molecule has 2 aliphatic rings. The number of carbonyl (C=O) groups is 2. The lowest BCUT2D eigenvalue weighted by molar-refractivity contribution is -0.140. The van der Waals surface area contributed by atoms with Crippen LogP contribution in [0.25, 0.3) is 11.3 Å². The molecule has 9 heteroatoms. The van der Waals surface area contributed by atoms with Crippen LogP contribution in [0.3, 0.4) is 0 Å². The zero-order valence-electron chi connectivity index (χ0n) is 21.9. The van der Waals surface area contributed by atoms with Gasteiger partial charge in [-0.25, -0.2) is 19.8 Å². The maximum Gasteiger partial charge on any atom is 0.341 e. The van der Waals surface area contributed by atoms with Gasteiger partial charge in [-0.3, -0.25) is 9.78 Å². The Morgan fingerprint density at radius 3 is 2.45 bits per heavy atom. The van der Waals surface area contributed by atoms with Gasteiger partial charge in [0.05, 0.1) is 17.8 Å². The van der Waals surface area contributed by atoms with E-state index in [4.69, 9.17) is 4.98 Å². The summed E-state index contributed by atoms with van der Waals surface area (Å²) in [6.45, 7) is 2.02. The molecule has 0 unspecified atom stereocenters. The number of thiazole rings is 1. The van der Waals surface area contributed by atoms with E-state index in [1.807, 2.05) is 42.6 Å². The second-order valence-electron chi connectivity index (χ2n) is 10.3. The molecule has 38 heavy (non-hydrogen) atoms. The number of carbonyl (C=O) groups excluding carboxylic acids is 2. The minimum absolute atomic E-state index is 0.0418. The molecule has 2 saturated carbocycles. The normalized spacial score (nSPS) is 16.6. The van der Waals surface area contributed by atoms with E-state index in [2.05, 4.69) is 15.6 Å². The Morgan fingerprint density at radius 1 is 1.03 bits per heavy atom. The molecule has 2 fully saturated rings. The van der Waals surface area contributed by atoms with Crippen LogP contribution in [-0.4, -0.2) is 44.5 Å². The molecule has 5 rings (SSSR count). The van der Waals surface area contributed by atoms with Gasteiger partial charge in [0.1, 0.15) is 0 Å². The van der Waals surface area contributed by atoms with Gasteiger partial charge in [0.15, 0.2) is 5.13 Å². The van der Waals surface area contributed by atoms with Crippen molar-refractivity contribution in [3.05, 3.63) is 53.7 Å². The monoisotopic (exact) mass is 532 g/mol. The molecule has 0 radical (unpaired) electrons. The van der Waals surface area contributed by atoms with Gasteiger partial charge in [-0.15, -0.1) is 11.3 Å². The molecule has 1 aromatic carbocycles. The highest BCUT2D eigenvalue weighted by molar-refractivity contribution is 7.14. The van der Waals surface area contributed by atoms with E-state index < -0.39 is 0 Å². The molecule has 0 spiro atoms. The summed E-state index contributed by atoms with van der Waals surface area (Å²) < 4.78 is 0. The van der Waals surface area contributed by atoms with Gasteiger partial charge in [-0.1, -0.05) is 44.6 Å². The highest BCUT2D eigenvalue weighted by atomic mass is 32.1. The smallest absolute Gasteiger partial charge is 0.331 e. The third-order valence-electron chi connectivity index (χ3n) is 7.63. The van der Waals surface area contributed by atoms with Crippen LogP contribution in [0.15, 0.2) is 48.1 Å². The average Bonchev–Trinajstić information content (AvgIpc) is 3.43. The Morgan fingerprint density at radius 2 is 1.76 bits per heavy atom. The van der Waals surface area contributed by atoms with Crippen molar-refractivity contribution in [2.45, 2.75) is 83.2 Å². The molecule has 2 heterocycles. The fraction of sp³-hybridized carbons (Fsp3) is 0.448. The summed E-state index contributed by atoms with van der Waals surface area (Å²) >= 11 is 1.52. The summed E-state index contributed by atoms with van der Waals surface area (Å²) in [7, 11) is 0. The fourth-order valence-corrected chi connectivity index (χ4v) is 6.28. The van der Waals surface area contributed by atoms with Gasteiger partial charge in [0, 0.05) is 34.7 Å². The van der Waals surface area contributed by atoms with Crippen LogP contribution in [0.2, 0.25) is 0 Å². The number of anilines is 3. The van der Waals surface area contributed by atoms with Crippen molar-refractivity contribution in [1.29, 1.82) is 0 Å². The van der Waals surface area contributed by atoms with Crippen LogP contribution >= 0.6 is 11.3 Å². The topological polar surface area (TPSA) is 90.5 Å². The Kier molecular flexibility index (Phi) is 8.53. The molecule has 0 atom stereocenters. The van der Waals surface area contributed by atoms with E-state index in [1.165, 1.54) is 24.2 Å². The number of nitrogens with zero attached hydrogens (tertiary/aromatic N) is 4. The number of urea groups is 1. The van der Waals surface area contributed by atoms with Gasteiger partial charge in [-0.2, -0.15) is 0 Å². The molecule has 0 aliphatic heterocycles. The first-order valence-electron chi connectivity index (χ1n) is 13.7. The van der Waals surface area contributed by atoms with E-state index in [0.717, 1.165) is 85.4 Å². The first kappa shape index (κ1) is 26.2. The molecule has 3 amide bonds. The van der Waals surface area contributed by atoms with Crippen molar-refractivity contribution in [2.75, 3.05) is 10.6 Å². The lowest BCUT2D eigenvalue weighted by Crippen LogP contribution is -2.57. The minimum Gasteiger partial charge on any atom is -0.331 e. The molecule has 2 aliphatic carbocycles. The van der Waals surface area contributed by atoms with Gasteiger partial charge in [0.25, 0.3) is 0 Å². The quantitative estimate of drug-likeness (QED) is 0.238. The van der Waals surface area contributed by atoms with Crippen molar-refractivity contribution in [1.82, 2.24) is 20.0 Å². The van der Waals surface area contributed by atoms with E-state index >= 15 is 0 Å². The first-order chi connectivity index (χ1) is 18.6. The number of amides is 3. The largest absolute Gasteiger partial charge is 0.341 e. The van der Waals surface area contributed by atoms with Crippen LogP contribution in [0, 0.1) is 6.92 Å². The minimum atomic E-state index is -0.238. The molecule has 3 aromatic rings. The van der Waals surface area contributed by atoms with E-state index in [1.54, 1.807) is 22.4 Å².